The van der Waals surface area contributed by atoms with Crippen molar-refractivity contribution < 1.29 is 28.5 Å². The number of methoxy groups -OCH3 is 1. The summed E-state index contributed by atoms with van der Waals surface area (Å²) in [5.74, 6) is -0.127. The van der Waals surface area contributed by atoms with Crippen molar-refractivity contribution in [3.63, 3.8) is 0 Å². The van der Waals surface area contributed by atoms with E-state index in [9.17, 15) is 13.9 Å². The normalized spacial score (nSPS) is 27.6. The first kappa shape index (κ1) is 19.6. The first-order valence-corrected chi connectivity index (χ1v) is 8.38. The van der Waals surface area contributed by atoms with Gasteiger partial charge in [0.1, 0.15) is 5.75 Å². The molecule has 5 nitrogen and oxygen atoms in total. The van der Waals surface area contributed by atoms with Crippen LogP contribution in [0.25, 0.3) is 0 Å². The molecule has 2 aliphatic rings. The molecule has 0 amide bonds. The van der Waals surface area contributed by atoms with Crippen molar-refractivity contribution in [1.29, 1.82) is 0 Å². The van der Waals surface area contributed by atoms with Gasteiger partial charge in [0.05, 0.1) is 13.2 Å². The fourth-order valence-corrected chi connectivity index (χ4v) is 4.20. The van der Waals surface area contributed by atoms with E-state index in [1.165, 1.54) is 13.2 Å². The van der Waals surface area contributed by atoms with Gasteiger partial charge in [0, 0.05) is 18.2 Å². The molecule has 1 aromatic rings. The second kappa shape index (κ2) is 8.58. The maximum atomic E-state index is 14.1. The summed E-state index contributed by atoms with van der Waals surface area (Å²) in [5, 5.41) is 16.6. The van der Waals surface area contributed by atoms with Gasteiger partial charge in [-0.2, -0.15) is 0 Å². The lowest BCUT2D eigenvalue weighted by atomic mass is 10.0. The molecule has 7 heteroatoms. The molecule has 2 N–H and O–H groups in total. The molecule has 2 unspecified atom stereocenters. The number of rotatable bonds is 4. The highest BCUT2D eigenvalue weighted by Gasteiger charge is 2.42. The third-order valence-electron chi connectivity index (χ3n) is 5.37. The molecule has 4 atom stereocenters. The Bertz CT molecular complexity index is 585. The molecule has 140 valence electrons. The average molecular weight is 357 g/mol. The summed E-state index contributed by atoms with van der Waals surface area (Å²) >= 11 is 0. The number of fused-ring (bicyclic) bond motifs is 1. The van der Waals surface area contributed by atoms with E-state index in [-0.39, 0.29) is 18.1 Å². The van der Waals surface area contributed by atoms with Crippen LogP contribution in [0, 0.1) is 23.5 Å². The van der Waals surface area contributed by atoms with E-state index in [1.54, 1.807) is 0 Å². The fraction of sp³-hybridized carbons (Fsp3) is 0.611. The SMILES string of the molecule is COc1ccc(F)c(F)c1CN(C)C1C[C@H]2CC(O)C[C@H]2C1.O=CO. The largest absolute Gasteiger partial charge is 0.496 e. The first-order chi connectivity index (χ1) is 11.9. The number of hydrogen-bond acceptors (Lipinski definition) is 4. The topological polar surface area (TPSA) is 70.0 Å². The standard InChI is InChI=1S/C17H23F2NO2.CH2O2/c1-20(12-5-10-7-13(21)8-11(10)6-12)9-14-16(22-2)4-3-15(18)17(14)19;2-1-3/h3-4,10-13,21H,5-9H2,1-2H3;1H,(H,2,3)/t10-,11+,12?,13?;. The Hall–Kier alpha value is -1.73. The second-order valence-electron chi connectivity index (χ2n) is 6.83. The van der Waals surface area contributed by atoms with E-state index < -0.39 is 11.6 Å². The molecule has 0 saturated heterocycles. The van der Waals surface area contributed by atoms with Crippen molar-refractivity contribution in [3.8, 4) is 5.75 Å². The van der Waals surface area contributed by atoms with Crippen LogP contribution in [-0.2, 0) is 11.3 Å². The summed E-state index contributed by atoms with van der Waals surface area (Å²) in [5.41, 5.74) is 0.280. The van der Waals surface area contributed by atoms with Gasteiger partial charge in [0.15, 0.2) is 11.6 Å². The maximum Gasteiger partial charge on any atom is 0.290 e. The Morgan fingerprint density at radius 3 is 2.32 bits per heavy atom. The van der Waals surface area contributed by atoms with Gasteiger partial charge in [0.25, 0.3) is 6.47 Å². The zero-order chi connectivity index (χ0) is 18.6. The average Bonchev–Trinajstić information content (AvgIpc) is 3.10. The zero-order valence-electron chi connectivity index (χ0n) is 14.5. The number of hydrogen-bond donors (Lipinski definition) is 2. The van der Waals surface area contributed by atoms with E-state index in [1.807, 2.05) is 7.05 Å². The summed E-state index contributed by atoms with van der Waals surface area (Å²) in [6.45, 7) is 0.0828. The van der Waals surface area contributed by atoms with Crippen LogP contribution in [-0.4, -0.2) is 47.9 Å². The highest BCUT2D eigenvalue weighted by Crippen LogP contribution is 2.45. The monoisotopic (exact) mass is 357 g/mol. The third kappa shape index (κ3) is 4.46. The number of aliphatic hydroxyl groups excluding tert-OH is 1. The van der Waals surface area contributed by atoms with E-state index in [0.717, 1.165) is 31.7 Å². The molecule has 0 aromatic heterocycles. The Labute approximate surface area is 146 Å². The van der Waals surface area contributed by atoms with Crippen molar-refractivity contribution in [2.24, 2.45) is 11.8 Å². The van der Waals surface area contributed by atoms with Gasteiger partial charge in [-0.1, -0.05) is 0 Å². The molecular weight excluding hydrogens is 332 g/mol. The van der Waals surface area contributed by atoms with Crippen molar-refractivity contribution >= 4 is 6.47 Å². The van der Waals surface area contributed by atoms with Crippen LogP contribution in [0.3, 0.4) is 0 Å². The highest BCUT2D eigenvalue weighted by molar-refractivity contribution is 5.35. The van der Waals surface area contributed by atoms with E-state index in [0.29, 0.717) is 30.2 Å². The molecule has 3 rings (SSSR count). The smallest absolute Gasteiger partial charge is 0.290 e. The molecule has 2 saturated carbocycles. The van der Waals surface area contributed by atoms with Crippen LogP contribution in [0.2, 0.25) is 0 Å². The van der Waals surface area contributed by atoms with Crippen LogP contribution < -0.4 is 4.74 Å². The quantitative estimate of drug-likeness (QED) is 0.811. The maximum absolute atomic E-state index is 14.1. The van der Waals surface area contributed by atoms with Gasteiger partial charge < -0.3 is 14.9 Å². The van der Waals surface area contributed by atoms with Gasteiger partial charge in [-0.15, -0.1) is 0 Å². The summed E-state index contributed by atoms with van der Waals surface area (Å²) in [7, 11) is 3.42. The van der Waals surface area contributed by atoms with E-state index in [2.05, 4.69) is 4.90 Å². The van der Waals surface area contributed by atoms with Crippen molar-refractivity contribution in [2.75, 3.05) is 14.2 Å². The van der Waals surface area contributed by atoms with Crippen LogP contribution >= 0.6 is 0 Å². The minimum absolute atomic E-state index is 0.151. The molecule has 1 aromatic carbocycles. The lowest BCUT2D eigenvalue weighted by molar-refractivity contribution is -0.122. The number of aliphatic hydroxyl groups is 1. The van der Waals surface area contributed by atoms with Crippen LogP contribution in [0.15, 0.2) is 12.1 Å². The predicted octanol–water partition coefficient (Wildman–Crippen LogP) is 2.66. The molecule has 0 heterocycles. The zero-order valence-corrected chi connectivity index (χ0v) is 14.5. The van der Waals surface area contributed by atoms with Crippen molar-refractivity contribution in [3.05, 3.63) is 29.3 Å². The van der Waals surface area contributed by atoms with E-state index >= 15 is 0 Å². The molecule has 25 heavy (non-hydrogen) atoms. The Morgan fingerprint density at radius 2 is 1.80 bits per heavy atom. The van der Waals surface area contributed by atoms with Gasteiger partial charge in [-0.25, -0.2) is 8.78 Å². The van der Waals surface area contributed by atoms with Crippen molar-refractivity contribution in [1.82, 2.24) is 4.90 Å². The number of nitrogens with zero attached hydrogens (tertiary/aromatic N) is 1. The molecule has 0 aliphatic heterocycles. The molecule has 0 radical (unpaired) electrons. The summed E-state index contributed by atoms with van der Waals surface area (Å²) in [6.07, 6.45) is 3.66. The van der Waals surface area contributed by atoms with Crippen molar-refractivity contribution in [2.45, 2.75) is 44.4 Å². The lowest BCUT2D eigenvalue weighted by Gasteiger charge is -2.26. The lowest BCUT2D eigenvalue weighted by Crippen LogP contribution is -2.30. The first-order valence-electron chi connectivity index (χ1n) is 8.38. The third-order valence-corrected chi connectivity index (χ3v) is 5.37. The number of ether oxygens (including phenoxy) is 1. The molecule has 2 fully saturated rings. The van der Waals surface area contributed by atoms with E-state index in [4.69, 9.17) is 14.6 Å². The van der Waals surface area contributed by atoms with Crippen LogP contribution in [0.4, 0.5) is 8.78 Å². The van der Waals surface area contributed by atoms with Crippen LogP contribution in [0.5, 0.6) is 5.75 Å². The molecule has 0 bridgehead atoms. The number of halogens is 2. The summed E-state index contributed by atoms with van der Waals surface area (Å²) in [4.78, 5) is 10.4. The predicted molar refractivity (Wildman–Crippen MR) is 88.3 cm³/mol. The second-order valence-corrected chi connectivity index (χ2v) is 6.83. The molecular formula is C18H25F2NO4. The summed E-state index contributed by atoms with van der Waals surface area (Å²) < 4.78 is 32.7. The Kier molecular flexibility index (Phi) is 6.72. The van der Waals surface area contributed by atoms with Crippen LogP contribution in [0.1, 0.15) is 31.2 Å². The van der Waals surface area contributed by atoms with Gasteiger partial charge >= 0.3 is 0 Å². The number of carbonyl (C=O) groups is 1. The fourth-order valence-electron chi connectivity index (χ4n) is 4.20. The van der Waals surface area contributed by atoms with Gasteiger partial charge in [0.2, 0.25) is 0 Å². The minimum atomic E-state index is -0.837. The Morgan fingerprint density at radius 1 is 1.24 bits per heavy atom. The summed E-state index contributed by atoms with van der Waals surface area (Å²) in [6, 6.07) is 2.93. The number of benzene rings is 1. The molecule has 2 aliphatic carbocycles. The number of carboxylic acid groups (broad SMARTS) is 1. The van der Waals surface area contributed by atoms with Gasteiger partial charge in [-0.3, -0.25) is 9.69 Å². The Balaban J connectivity index is 0.000000701. The minimum Gasteiger partial charge on any atom is -0.496 e. The van der Waals surface area contributed by atoms with Gasteiger partial charge in [-0.05, 0) is 56.7 Å². The highest BCUT2D eigenvalue weighted by atomic mass is 19.2. The molecule has 0 spiro atoms.